The van der Waals surface area contributed by atoms with Crippen molar-refractivity contribution in [3.63, 3.8) is 0 Å². The van der Waals surface area contributed by atoms with Crippen molar-refractivity contribution in [2.75, 3.05) is 0 Å². The summed E-state index contributed by atoms with van der Waals surface area (Å²) in [4.78, 5) is 19.3. The summed E-state index contributed by atoms with van der Waals surface area (Å²) in [5, 5.41) is 3.23. The molecule has 0 aliphatic heterocycles. The van der Waals surface area contributed by atoms with Crippen LogP contribution < -0.4 is 0 Å². The molecule has 7 aromatic carbocycles. The number of para-hydroxylation sites is 2. The molecule has 0 amide bonds. The van der Waals surface area contributed by atoms with Gasteiger partial charge in [0.25, 0.3) is 5.92 Å². The van der Waals surface area contributed by atoms with Crippen LogP contribution >= 0.6 is 0 Å². The third-order valence-corrected chi connectivity index (χ3v) is 10.6. The largest absolute Gasteiger partial charge is 0.299 e. The van der Waals surface area contributed by atoms with Gasteiger partial charge in [0, 0.05) is 38.6 Å². The molecule has 0 atom stereocenters. The molecule has 0 unspecified atom stereocenters. The van der Waals surface area contributed by atoms with Crippen LogP contribution in [0, 0.1) is 0 Å². The molecule has 3 heterocycles. The van der Waals surface area contributed by atoms with Gasteiger partial charge in [0.15, 0.2) is 17.5 Å². The Morgan fingerprint density at radius 3 is 1.59 bits per heavy atom. The lowest BCUT2D eigenvalue weighted by Gasteiger charge is -2.15. The molecule has 0 spiro atoms. The van der Waals surface area contributed by atoms with E-state index in [-0.39, 0.29) is 11.1 Å². The number of imidazole rings is 1. The van der Waals surface area contributed by atoms with Gasteiger partial charge in [0.05, 0.1) is 16.6 Å². The smallest absolute Gasteiger partial charge is 0.292 e. The standard InChI is InChI=1S/C47H27F2N5/c48-47(49)38-25-30(31-20-24-36-33-15-7-8-16-37(33)46-50-40-17-9-10-18-41(40)54(46)42(36)27-31)19-22-34(38)35-23-21-32(26-39(35)47)45-52-43(28-11-3-1-4-12-28)51-44(53-45)29-13-5-2-6-14-29/h1-27H. The number of benzene rings is 7. The van der Waals surface area contributed by atoms with E-state index in [1.807, 2.05) is 115 Å². The van der Waals surface area contributed by atoms with Crippen molar-refractivity contribution >= 4 is 38.4 Å². The minimum absolute atomic E-state index is 0.0189. The summed E-state index contributed by atoms with van der Waals surface area (Å²) in [6.45, 7) is 0. The molecule has 1 aliphatic carbocycles. The maximum atomic E-state index is 16.7. The van der Waals surface area contributed by atoms with Crippen molar-refractivity contribution in [2.24, 2.45) is 0 Å². The highest BCUT2D eigenvalue weighted by atomic mass is 19.3. The van der Waals surface area contributed by atoms with Crippen molar-refractivity contribution in [1.29, 1.82) is 0 Å². The Kier molecular flexibility index (Phi) is 6.46. The number of hydrogen-bond donors (Lipinski definition) is 0. The number of hydrogen-bond acceptors (Lipinski definition) is 4. The summed E-state index contributed by atoms with van der Waals surface area (Å²) in [5.41, 5.74) is 8.36. The SMILES string of the molecule is FC1(F)c2cc(-c3ccc4c5ccccc5c5nc6ccccc6n5c4c3)ccc2-c2ccc(-c3nc(-c4ccccc4)nc(-c4ccccc4)n3)cc21. The first-order chi connectivity index (χ1) is 26.5. The van der Waals surface area contributed by atoms with Gasteiger partial charge in [0.2, 0.25) is 0 Å². The van der Waals surface area contributed by atoms with E-state index in [2.05, 4.69) is 34.7 Å². The highest BCUT2D eigenvalue weighted by Gasteiger charge is 2.44. The van der Waals surface area contributed by atoms with Gasteiger partial charge < -0.3 is 0 Å². The Morgan fingerprint density at radius 2 is 0.907 bits per heavy atom. The van der Waals surface area contributed by atoms with Crippen molar-refractivity contribution in [3.05, 3.63) is 175 Å². The van der Waals surface area contributed by atoms with Crippen molar-refractivity contribution in [2.45, 2.75) is 5.92 Å². The molecule has 254 valence electrons. The van der Waals surface area contributed by atoms with Crippen LogP contribution in [0.15, 0.2) is 164 Å². The third kappa shape index (κ3) is 4.55. The van der Waals surface area contributed by atoms with Crippen molar-refractivity contribution in [3.8, 4) is 56.4 Å². The average Bonchev–Trinajstić information content (AvgIpc) is 3.73. The Labute approximate surface area is 307 Å². The molecule has 0 saturated heterocycles. The molecule has 0 saturated carbocycles. The van der Waals surface area contributed by atoms with E-state index in [0.29, 0.717) is 39.7 Å². The van der Waals surface area contributed by atoms with Gasteiger partial charge in [-0.2, -0.15) is 8.78 Å². The van der Waals surface area contributed by atoms with Gasteiger partial charge in [-0.3, -0.25) is 4.40 Å². The Bertz CT molecular complexity index is 3080. The Balaban J connectivity index is 1.03. The second-order valence-electron chi connectivity index (χ2n) is 13.7. The average molecular weight is 700 g/mol. The molecule has 7 heteroatoms. The molecule has 11 rings (SSSR count). The van der Waals surface area contributed by atoms with Gasteiger partial charge in [-0.15, -0.1) is 0 Å². The first kappa shape index (κ1) is 30.5. The first-order valence-electron chi connectivity index (χ1n) is 17.8. The quantitative estimate of drug-likeness (QED) is 0.172. The molecule has 1 aliphatic rings. The normalized spacial score (nSPS) is 13.1. The van der Waals surface area contributed by atoms with Gasteiger partial charge in [-0.05, 0) is 58.0 Å². The zero-order valence-electron chi connectivity index (χ0n) is 28.6. The van der Waals surface area contributed by atoms with Crippen LogP contribution in [-0.2, 0) is 5.92 Å². The van der Waals surface area contributed by atoms with Gasteiger partial charge in [0.1, 0.15) is 5.65 Å². The predicted molar refractivity (Wildman–Crippen MR) is 211 cm³/mol. The van der Waals surface area contributed by atoms with Crippen molar-refractivity contribution in [1.82, 2.24) is 24.3 Å². The zero-order chi connectivity index (χ0) is 36.0. The highest BCUT2D eigenvalue weighted by molar-refractivity contribution is 6.14. The summed E-state index contributed by atoms with van der Waals surface area (Å²) < 4.78 is 35.6. The van der Waals surface area contributed by atoms with E-state index >= 15 is 8.78 Å². The minimum atomic E-state index is -3.24. The molecule has 54 heavy (non-hydrogen) atoms. The molecular formula is C47H27F2N5. The van der Waals surface area contributed by atoms with Gasteiger partial charge in [-0.1, -0.05) is 133 Å². The predicted octanol–water partition coefficient (Wildman–Crippen LogP) is 11.8. The van der Waals surface area contributed by atoms with Crippen LogP contribution in [0.1, 0.15) is 11.1 Å². The maximum Gasteiger partial charge on any atom is 0.299 e. The fraction of sp³-hybridized carbons (Fsp3) is 0.0213. The number of pyridine rings is 1. The number of rotatable bonds is 4. The van der Waals surface area contributed by atoms with E-state index in [1.165, 1.54) is 6.07 Å². The maximum absolute atomic E-state index is 16.7. The second kappa shape index (κ2) is 11.4. The van der Waals surface area contributed by atoms with Crippen LogP contribution in [-0.4, -0.2) is 24.3 Å². The molecule has 0 fully saturated rings. The monoisotopic (exact) mass is 699 g/mol. The number of nitrogens with zero attached hydrogens (tertiary/aromatic N) is 5. The van der Waals surface area contributed by atoms with Crippen LogP contribution in [0.25, 0.3) is 94.8 Å². The zero-order valence-corrected chi connectivity index (χ0v) is 28.6. The molecule has 0 radical (unpaired) electrons. The summed E-state index contributed by atoms with van der Waals surface area (Å²) in [6.07, 6.45) is 0. The van der Waals surface area contributed by atoms with Crippen LogP contribution in [0.4, 0.5) is 8.78 Å². The van der Waals surface area contributed by atoms with E-state index in [0.717, 1.165) is 55.0 Å². The number of halogens is 2. The molecule has 5 nitrogen and oxygen atoms in total. The molecule has 0 bridgehead atoms. The Hall–Kier alpha value is -7.12. The molecule has 10 aromatic rings. The second-order valence-corrected chi connectivity index (χ2v) is 13.7. The topological polar surface area (TPSA) is 56.0 Å². The lowest BCUT2D eigenvalue weighted by molar-refractivity contribution is 0.0481. The lowest BCUT2D eigenvalue weighted by atomic mass is 9.96. The van der Waals surface area contributed by atoms with Crippen LogP contribution in [0.5, 0.6) is 0 Å². The van der Waals surface area contributed by atoms with Gasteiger partial charge >= 0.3 is 0 Å². The first-order valence-corrected chi connectivity index (χ1v) is 17.8. The van der Waals surface area contributed by atoms with Crippen molar-refractivity contribution < 1.29 is 8.78 Å². The molecule has 3 aromatic heterocycles. The fourth-order valence-electron chi connectivity index (χ4n) is 7.97. The summed E-state index contributed by atoms with van der Waals surface area (Å²) >= 11 is 0. The number of fused-ring (bicyclic) bond motifs is 11. The fourth-order valence-corrected chi connectivity index (χ4v) is 7.97. The van der Waals surface area contributed by atoms with Gasteiger partial charge in [-0.25, -0.2) is 19.9 Å². The minimum Gasteiger partial charge on any atom is -0.292 e. The number of aromatic nitrogens is 5. The van der Waals surface area contributed by atoms with Crippen LogP contribution in [0.3, 0.4) is 0 Å². The summed E-state index contributed by atoms with van der Waals surface area (Å²) in [5.74, 6) is -1.96. The van der Waals surface area contributed by atoms with Crippen LogP contribution in [0.2, 0.25) is 0 Å². The summed E-state index contributed by atoms with van der Waals surface area (Å²) in [7, 11) is 0. The highest BCUT2D eigenvalue weighted by Crippen LogP contribution is 2.53. The van der Waals surface area contributed by atoms with E-state index in [1.54, 1.807) is 12.1 Å². The molecule has 0 N–H and O–H groups in total. The molecular weight excluding hydrogens is 673 g/mol. The third-order valence-electron chi connectivity index (χ3n) is 10.6. The van der Waals surface area contributed by atoms with E-state index in [9.17, 15) is 0 Å². The van der Waals surface area contributed by atoms with E-state index < -0.39 is 5.92 Å². The lowest BCUT2D eigenvalue weighted by Crippen LogP contribution is -2.11. The van der Waals surface area contributed by atoms with E-state index in [4.69, 9.17) is 19.9 Å². The summed E-state index contributed by atoms with van der Waals surface area (Å²) in [6, 6.07) is 52.3. The Morgan fingerprint density at radius 1 is 0.389 bits per heavy atom. The number of alkyl halides is 2.